The summed E-state index contributed by atoms with van der Waals surface area (Å²) in [5, 5.41) is 16.6. The highest BCUT2D eigenvalue weighted by atomic mass is 16.3. The largest absolute Gasteiger partial charge is 0.390 e. The van der Waals surface area contributed by atoms with Gasteiger partial charge < -0.3 is 10.4 Å². The monoisotopic (exact) mass is 153 g/mol. The fraction of sp³-hybridized carbons (Fsp3) is 0.571. The molecule has 60 valence electrons. The molecule has 0 amide bonds. The van der Waals surface area contributed by atoms with Crippen molar-refractivity contribution < 1.29 is 5.11 Å². The molecule has 1 saturated heterocycles. The van der Waals surface area contributed by atoms with E-state index in [-0.39, 0.29) is 12.1 Å². The minimum absolute atomic E-state index is 0.116. The molecular weight excluding hydrogens is 142 g/mol. The number of β-amino-alcohol motifs (C(OH)–C–C–N with tert-alkyl or cyclic N) is 1. The Kier molecular flexibility index (Phi) is 1.63. The van der Waals surface area contributed by atoms with Gasteiger partial charge in [-0.25, -0.2) is 0 Å². The first-order valence-electron chi connectivity index (χ1n) is 3.76. The number of hydrogen-bond acceptors (Lipinski definition) is 3. The molecule has 1 unspecified atom stereocenters. The zero-order valence-corrected chi connectivity index (χ0v) is 6.14. The number of nitrogens with zero attached hydrogens (tertiary/aromatic N) is 2. The second-order valence-corrected chi connectivity index (χ2v) is 2.78. The van der Waals surface area contributed by atoms with Crippen LogP contribution in [-0.2, 0) is 0 Å². The van der Waals surface area contributed by atoms with Crippen molar-refractivity contribution in [3.63, 3.8) is 0 Å². The van der Waals surface area contributed by atoms with E-state index in [0.29, 0.717) is 6.54 Å². The molecule has 2 atom stereocenters. The Morgan fingerprint density at radius 2 is 2.45 bits per heavy atom. The van der Waals surface area contributed by atoms with Crippen molar-refractivity contribution in [3.05, 3.63) is 18.5 Å². The quantitative estimate of drug-likeness (QED) is 0.566. The first kappa shape index (κ1) is 6.82. The number of nitrogens with one attached hydrogen (secondary N) is 1. The lowest BCUT2D eigenvalue weighted by molar-refractivity contribution is 0.145. The third-order valence-corrected chi connectivity index (χ3v) is 2.02. The van der Waals surface area contributed by atoms with Crippen LogP contribution in [0.5, 0.6) is 0 Å². The van der Waals surface area contributed by atoms with Crippen molar-refractivity contribution in [1.29, 1.82) is 0 Å². The topological polar surface area (TPSA) is 50.1 Å². The van der Waals surface area contributed by atoms with E-state index >= 15 is 0 Å². The van der Waals surface area contributed by atoms with Crippen molar-refractivity contribution in [2.75, 3.05) is 13.1 Å². The van der Waals surface area contributed by atoms with Crippen LogP contribution in [0.4, 0.5) is 0 Å². The standard InChI is InChI=1S/C7H11N3O/c11-7-5-8-4-6(7)10-3-1-2-9-10/h1-3,6-8,11H,4-5H2/t6?,7-/m1/s1. The lowest BCUT2D eigenvalue weighted by atomic mass is 10.2. The number of hydrogen-bond donors (Lipinski definition) is 2. The Hall–Kier alpha value is -0.870. The summed E-state index contributed by atoms with van der Waals surface area (Å²) in [4.78, 5) is 0. The fourth-order valence-electron chi connectivity index (χ4n) is 1.40. The van der Waals surface area contributed by atoms with Gasteiger partial charge in [0.05, 0.1) is 12.1 Å². The highest BCUT2D eigenvalue weighted by Crippen LogP contribution is 2.13. The van der Waals surface area contributed by atoms with E-state index < -0.39 is 0 Å². The van der Waals surface area contributed by atoms with Crippen LogP contribution in [-0.4, -0.2) is 34.1 Å². The molecule has 2 rings (SSSR count). The lowest BCUT2D eigenvalue weighted by Crippen LogP contribution is -2.22. The average Bonchev–Trinajstić information content (AvgIpc) is 2.55. The Morgan fingerprint density at radius 1 is 1.55 bits per heavy atom. The average molecular weight is 153 g/mol. The summed E-state index contributed by atoms with van der Waals surface area (Å²) in [5.74, 6) is 0. The molecule has 1 aliphatic heterocycles. The molecular formula is C7H11N3O. The van der Waals surface area contributed by atoms with Crippen molar-refractivity contribution in [3.8, 4) is 0 Å². The van der Waals surface area contributed by atoms with Crippen LogP contribution < -0.4 is 5.32 Å². The molecule has 0 bridgehead atoms. The lowest BCUT2D eigenvalue weighted by Gasteiger charge is -2.12. The number of rotatable bonds is 1. The van der Waals surface area contributed by atoms with E-state index in [9.17, 15) is 5.11 Å². The van der Waals surface area contributed by atoms with E-state index in [4.69, 9.17) is 0 Å². The van der Waals surface area contributed by atoms with Crippen molar-refractivity contribution >= 4 is 0 Å². The molecule has 0 radical (unpaired) electrons. The van der Waals surface area contributed by atoms with Crippen molar-refractivity contribution in [2.24, 2.45) is 0 Å². The van der Waals surface area contributed by atoms with Gasteiger partial charge in [-0.1, -0.05) is 0 Å². The second-order valence-electron chi connectivity index (χ2n) is 2.78. The summed E-state index contributed by atoms with van der Waals surface area (Å²) in [7, 11) is 0. The molecule has 1 aromatic heterocycles. The summed E-state index contributed by atoms with van der Waals surface area (Å²) < 4.78 is 1.80. The zero-order chi connectivity index (χ0) is 7.68. The maximum Gasteiger partial charge on any atom is 0.0914 e. The van der Waals surface area contributed by atoms with Crippen molar-refractivity contribution in [2.45, 2.75) is 12.1 Å². The van der Waals surface area contributed by atoms with Gasteiger partial charge >= 0.3 is 0 Å². The van der Waals surface area contributed by atoms with Crippen LogP contribution in [0, 0.1) is 0 Å². The third-order valence-electron chi connectivity index (χ3n) is 2.02. The normalized spacial score (nSPS) is 31.0. The van der Waals surface area contributed by atoms with Crippen LogP contribution in [0.15, 0.2) is 18.5 Å². The van der Waals surface area contributed by atoms with E-state index in [1.807, 2.05) is 12.3 Å². The van der Waals surface area contributed by atoms with Gasteiger partial charge in [-0.05, 0) is 6.07 Å². The summed E-state index contributed by atoms with van der Waals surface area (Å²) in [6.45, 7) is 1.48. The van der Waals surface area contributed by atoms with Gasteiger partial charge in [0.1, 0.15) is 0 Å². The molecule has 0 spiro atoms. The molecule has 0 aromatic carbocycles. The van der Waals surface area contributed by atoms with Crippen LogP contribution in [0.2, 0.25) is 0 Å². The Bertz CT molecular complexity index is 222. The summed E-state index contributed by atoms with van der Waals surface area (Å²) >= 11 is 0. The first-order chi connectivity index (χ1) is 5.38. The second kappa shape index (κ2) is 2.64. The first-order valence-corrected chi connectivity index (χ1v) is 3.76. The molecule has 4 heteroatoms. The highest BCUT2D eigenvalue weighted by Gasteiger charge is 2.26. The van der Waals surface area contributed by atoms with Gasteiger partial charge in [-0.3, -0.25) is 4.68 Å². The fourth-order valence-corrected chi connectivity index (χ4v) is 1.40. The Morgan fingerprint density at radius 3 is 3.00 bits per heavy atom. The van der Waals surface area contributed by atoms with Crippen LogP contribution >= 0.6 is 0 Å². The minimum Gasteiger partial charge on any atom is -0.390 e. The predicted octanol–water partition coefficient (Wildman–Crippen LogP) is -0.612. The van der Waals surface area contributed by atoms with E-state index in [0.717, 1.165) is 6.54 Å². The summed E-state index contributed by atoms with van der Waals surface area (Å²) in [6, 6.07) is 1.98. The molecule has 1 fully saturated rings. The number of aliphatic hydroxyl groups is 1. The predicted molar refractivity (Wildman–Crippen MR) is 40.1 cm³/mol. The van der Waals surface area contributed by atoms with Crippen LogP contribution in [0.1, 0.15) is 6.04 Å². The van der Waals surface area contributed by atoms with Gasteiger partial charge in [-0.15, -0.1) is 0 Å². The van der Waals surface area contributed by atoms with Gasteiger partial charge in [0, 0.05) is 25.5 Å². The summed E-state index contributed by atoms with van der Waals surface area (Å²) in [6.07, 6.45) is 3.31. The van der Waals surface area contributed by atoms with Crippen LogP contribution in [0.25, 0.3) is 0 Å². The smallest absolute Gasteiger partial charge is 0.0914 e. The summed E-state index contributed by atoms with van der Waals surface area (Å²) in [5.41, 5.74) is 0. The zero-order valence-electron chi connectivity index (χ0n) is 6.14. The highest BCUT2D eigenvalue weighted by molar-refractivity contribution is 4.89. The number of aliphatic hydroxyl groups excluding tert-OH is 1. The minimum atomic E-state index is -0.296. The SMILES string of the molecule is O[C@@H]1CNCC1n1cccn1. The van der Waals surface area contributed by atoms with E-state index in [1.165, 1.54) is 0 Å². The molecule has 2 heterocycles. The third kappa shape index (κ3) is 1.15. The molecule has 11 heavy (non-hydrogen) atoms. The maximum atomic E-state index is 9.44. The Labute approximate surface area is 64.8 Å². The van der Waals surface area contributed by atoms with Gasteiger partial charge in [-0.2, -0.15) is 5.10 Å². The van der Waals surface area contributed by atoms with Gasteiger partial charge in [0.15, 0.2) is 0 Å². The van der Waals surface area contributed by atoms with Gasteiger partial charge in [0.25, 0.3) is 0 Å². The molecule has 1 aromatic rings. The molecule has 4 nitrogen and oxygen atoms in total. The Balaban J connectivity index is 2.16. The van der Waals surface area contributed by atoms with Crippen LogP contribution in [0.3, 0.4) is 0 Å². The number of aromatic nitrogens is 2. The van der Waals surface area contributed by atoms with Gasteiger partial charge in [0.2, 0.25) is 0 Å². The molecule has 0 saturated carbocycles. The maximum absolute atomic E-state index is 9.44. The van der Waals surface area contributed by atoms with E-state index in [2.05, 4.69) is 10.4 Å². The van der Waals surface area contributed by atoms with E-state index in [1.54, 1.807) is 10.9 Å². The molecule has 2 N–H and O–H groups in total. The van der Waals surface area contributed by atoms with Crippen molar-refractivity contribution in [1.82, 2.24) is 15.1 Å². The molecule has 1 aliphatic rings. The molecule has 0 aliphatic carbocycles.